The Morgan fingerprint density at radius 2 is 2.50 bits per heavy atom. The summed E-state index contributed by atoms with van der Waals surface area (Å²) in [7, 11) is 0. The fourth-order valence-corrected chi connectivity index (χ4v) is 1.87. The monoisotopic (exact) mass is 246 g/mol. The van der Waals surface area contributed by atoms with E-state index in [1.54, 1.807) is 0 Å². The molecule has 10 heavy (non-hydrogen) atoms. The van der Waals surface area contributed by atoms with Crippen molar-refractivity contribution in [2.75, 3.05) is 0 Å². The van der Waals surface area contributed by atoms with Crippen LogP contribution in [-0.4, -0.2) is 12.4 Å². The molecule has 2 rings (SSSR count). The van der Waals surface area contributed by atoms with E-state index in [4.69, 9.17) is 0 Å². The van der Waals surface area contributed by atoms with Crippen molar-refractivity contribution >= 4 is 28.8 Å². The van der Waals surface area contributed by atoms with Crippen molar-refractivity contribution in [3.8, 4) is 0 Å². The van der Waals surface area contributed by atoms with E-state index in [9.17, 15) is 0 Å². The molecule has 0 bridgehead atoms. The molecule has 2 unspecified atom stereocenters. The van der Waals surface area contributed by atoms with Crippen LogP contribution in [0.1, 0.15) is 0 Å². The number of allylic oxidation sites excluding steroid dienone is 1. The molecule has 2 aliphatic rings. The average Bonchev–Trinajstić information content (AvgIpc) is 2.36. The van der Waals surface area contributed by atoms with Gasteiger partial charge in [-0.05, 0) is 34.9 Å². The second kappa shape index (κ2) is 2.38. The molecule has 0 spiro atoms. The number of fused-ring (bicyclic) bond motifs is 1. The van der Waals surface area contributed by atoms with E-state index in [-0.39, 0.29) is 6.17 Å². The predicted molar refractivity (Wildman–Crippen MR) is 50.1 cm³/mol. The number of hydrogen-bond donors (Lipinski definition) is 1. The highest BCUT2D eigenvalue weighted by Gasteiger charge is 2.24. The number of nitrogens with zero attached hydrogens (tertiary/aromatic N) is 1. The fourth-order valence-electron chi connectivity index (χ4n) is 1.16. The lowest BCUT2D eigenvalue weighted by atomic mass is 10.1. The molecule has 52 valence electrons. The Morgan fingerprint density at radius 1 is 1.60 bits per heavy atom. The number of dihydropyridines is 1. The topological polar surface area (TPSA) is 24.4 Å². The molecule has 0 aromatic carbocycles. The highest BCUT2D eigenvalue weighted by molar-refractivity contribution is 14.1. The number of rotatable bonds is 0. The van der Waals surface area contributed by atoms with E-state index >= 15 is 0 Å². The van der Waals surface area contributed by atoms with Gasteiger partial charge in [0.05, 0.1) is 5.92 Å². The van der Waals surface area contributed by atoms with Crippen molar-refractivity contribution in [1.82, 2.24) is 5.32 Å². The third-order valence-electron chi connectivity index (χ3n) is 1.71. The Kier molecular flexibility index (Phi) is 1.52. The first-order chi connectivity index (χ1) is 4.88. The van der Waals surface area contributed by atoms with E-state index < -0.39 is 0 Å². The van der Waals surface area contributed by atoms with Gasteiger partial charge in [0.25, 0.3) is 0 Å². The summed E-state index contributed by atoms with van der Waals surface area (Å²) < 4.78 is 1.36. The van der Waals surface area contributed by atoms with Gasteiger partial charge in [0, 0.05) is 9.79 Å². The fraction of sp³-hybridized carbons (Fsp3) is 0.286. The first kappa shape index (κ1) is 6.39. The Morgan fingerprint density at radius 3 is 3.30 bits per heavy atom. The number of halogens is 1. The predicted octanol–water partition coefficient (Wildman–Crippen LogP) is 1.45. The van der Waals surface area contributed by atoms with Crippen LogP contribution in [0, 0.1) is 5.92 Å². The molecule has 0 saturated carbocycles. The minimum atomic E-state index is 0.275. The number of aliphatic imine (C=N–C) groups is 1. The van der Waals surface area contributed by atoms with Crippen LogP contribution in [0.2, 0.25) is 0 Å². The second-order valence-corrected chi connectivity index (χ2v) is 3.59. The second-order valence-electron chi connectivity index (χ2n) is 2.35. The molecule has 0 radical (unpaired) electrons. The molecular weight excluding hydrogens is 239 g/mol. The molecule has 0 amide bonds. The Bertz CT molecular complexity index is 230. The van der Waals surface area contributed by atoms with Crippen LogP contribution in [-0.2, 0) is 0 Å². The van der Waals surface area contributed by atoms with E-state index in [1.165, 1.54) is 3.58 Å². The zero-order valence-corrected chi connectivity index (χ0v) is 7.45. The van der Waals surface area contributed by atoms with Gasteiger partial charge in [-0.3, -0.25) is 4.99 Å². The molecule has 0 aromatic heterocycles. The van der Waals surface area contributed by atoms with Gasteiger partial charge >= 0.3 is 0 Å². The first-order valence-electron chi connectivity index (χ1n) is 3.19. The van der Waals surface area contributed by atoms with Gasteiger partial charge in [-0.15, -0.1) is 0 Å². The third kappa shape index (κ3) is 0.885. The first-order valence-corrected chi connectivity index (χ1v) is 4.27. The largest absolute Gasteiger partial charge is 0.369 e. The minimum Gasteiger partial charge on any atom is -0.369 e. The maximum absolute atomic E-state index is 4.26. The van der Waals surface area contributed by atoms with Crippen molar-refractivity contribution in [2.24, 2.45) is 10.9 Å². The van der Waals surface area contributed by atoms with Gasteiger partial charge in [-0.2, -0.15) is 0 Å². The van der Waals surface area contributed by atoms with Gasteiger partial charge in [0.15, 0.2) is 0 Å². The lowest BCUT2D eigenvalue weighted by Crippen LogP contribution is -2.26. The van der Waals surface area contributed by atoms with Gasteiger partial charge in [-0.25, -0.2) is 0 Å². The Labute approximate surface area is 73.2 Å². The molecular formula is C7H7IN2. The lowest BCUT2D eigenvalue weighted by Gasteiger charge is -2.17. The van der Waals surface area contributed by atoms with Gasteiger partial charge in [0.1, 0.15) is 6.17 Å². The molecule has 2 nitrogen and oxygen atoms in total. The van der Waals surface area contributed by atoms with Crippen LogP contribution in [0.25, 0.3) is 0 Å². The third-order valence-corrected chi connectivity index (χ3v) is 2.79. The van der Waals surface area contributed by atoms with Crippen molar-refractivity contribution < 1.29 is 0 Å². The molecule has 0 aromatic rings. The van der Waals surface area contributed by atoms with E-state index in [0.29, 0.717) is 5.92 Å². The molecule has 1 N–H and O–H groups in total. The summed E-state index contributed by atoms with van der Waals surface area (Å²) in [5, 5.41) is 3.16. The van der Waals surface area contributed by atoms with Crippen LogP contribution in [0.3, 0.4) is 0 Å². The summed E-state index contributed by atoms with van der Waals surface area (Å²) in [6, 6.07) is 0. The van der Waals surface area contributed by atoms with E-state index in [1.807, 2.05) is 12.4 Å². The summed E-state index contributed by atoms with van der Waals surface area (Å²) in [5.41, 5.74) is 0. The molecule has 0 saturated heterocycles. The molecule has 3 heteroatoms. The zero-order valence-electron chi connectivity index (χ0n) is 5.29. The van der Waals surface area contributed by atoms with Crippen molar-refractivity contribution in [1.29, 1.82) is 0 Å². The SMILES string of the molecule is IC1=CC=NC2NC=CC12. The Balaban J connectivity index is 2.30. The smallest absolute Gasteiger partial charge is 0.129 e. The number of nitrogens with one attached hydrogen (secondary N) is 1. The van der Waals surface area contributed by atoms with Gasteiger partial charge in [-0.1, -0.05) is 6.08 Å². The average molecular weight is 246 g/mol. The van der Waals surface area contributed by atoms with Crippen molar-refractivity contribution in [3.05, 3.63) is 21.9 Å². The molecule has 0 fully saturated rings. The molecule has 0 aliphatic carbocycles. The minimum absolute atomic E-state index is 0.275. The van der Waals surface area contributed by atoms with Crippen LogP contribution < -0.4 is 5.32 Å². The van der Waals surface area contributed by atoms with Crippen LogP contribution in [0.4, 0.5) is 0 Å². The van der Waals surface area contributed by atoms with Crippen molar-refractivity contribution in [2.45, 2.75) is 6.17 Å². The summed E-state index contributed by atoms with van der Waals surface area (Å²) >= 11 is 2.35. The maximum atomic E-state index is 4.26. The van der Waals surface area contributed by atoms with E-state index in [0.717, 1.165) is 0 Å². The van der Waals surface area contributed by atoms with Crippen LogP contribution >= 0.6 is 22.6 Å². The van der Waals surface area contributed by atoms with Crippen molar-refractivity contribution in [3.63, 3.8) is 0 Å². The highest BCUT2D eigenvalue weighted by Crippen LogP contribution is 2.28. The van der Waals surface area contributed by atoms with Crippen LogP contribution in [0.15, 0.2) is 26.9 Å². The summed E-state index contributed by atoms with van der Waals surface area (Å²) in [6.07, 6.45) is 8.32. The highest BCUT2D eigenvalue weighted by atomic mass is 127. The zero-order chi connectivity index (χ0) is 6.97. The quantitative estimate of drug-likeness (QED) is 0.643. The summed E-state index contributed by atoms with van der Waals surface area (Å²) in [4.78, 5) is 4.26. The standard InChI is InChI=1S/C7H7IN2/c8-6-2-4-10-7-5(6)1-3-9-7/h1-5,7,9H. The summed E-state index contributed by atoms with van der Waals surface area (Å²) in [6.45, 7) is 0. The Hall–Kier alpha value is -0.320. The number of hydrogen-bond acceptors (Lipinski definition) is 2. The maximum Gasteiger partial charge on any atom is 0.129 e. The van der Waals surface area contributed by atoms with Crippen LogP contribution in [0.5, 0.6) is 0 Å². The summed E-state index contributed by atoms with van der Waals surface area (Å²) in [5.74, 6) is 0.491. The molecule has 2 aliphatic heterocycles. The van der Waals surface area contributed by atoms with Gasteiger partial charge in [0.2, 0.25) is 0 Å². The normalized spacial score (nSPS) is 35.1. The molecule has 2 heterocycles. The van der Waals surface area contributed by atoms with E-state index in [2.05, 4.69) is 45.1 Å². The lowest BCUT2D eigenvalue weighted by molar-refractivity contribution is 0.569. The molecule has 2 atom stereocenters. The van der Waals surface area contributed by atoms with Gasteiger partial charge < -0.3 is 5.32 Å².